The second-order valence-corrected chi connectivity index (χ2v) is 8.71. The van der Waals surface area contributed by atoms with Crippen molar-refractivity contribution in [3.8, 4) is 22.8 Å². The fraction of sp³-hybridized carbons (Fsp3) is 0.167. The number of hydrogen-bond acceptors (Lipinski definition) is 4. The van der Waals surface area contributed by atoms with E-state index in [1.165, 1.54) is 11.1 Å². The van der Waals surface area contributed by atoms with Crippen LogP contribution in [0, 0.1) is 6.92 Å². The summed E-state index contributed by atoms with van der Waals surface area (Å²) in [6.07, 6.45) is 0. The first kappa shape index (κ1) is 20.7. The SMILES string of the molecule is CCOc1ccc(-n2c(SCc3ccc(Br)cc3)nnc2-c2cccc(C)c2)cc1. The van der Waals surface area contributed by atoms with Crippen LogP contribution in [0.15, 0.2) is 82.4 Å². The van der Waals surface area contributed by atoms with Gasteiger partial charge in [-0.25, -0.2) is 0 Å². The molecule has 0 saturated carbocycles. The van der Waals surface area contributed by atoms with Crippen LogP contribution in [0.5, 0.6) is 5.75 Å². The molecule has 30 heavy (non-hydrogen) atoms. The van der Waals surface area contributed by atoms with E-state index < -0.39 is 0 Å². The lowest BCUT2D eigenvalue weighted by Gasteiger charge is -2.12. The number of aromatic nitrogens is 3. The van der Waals surface area contributed by atoms with Crippen molar-refractivity contribution in [3.63, 3.8) is 0 Å². The molecule has 4 aromatic rings. The summed E-state index contributed by atoms with van der Waals surface area (Å²) >= 11 is 5.17. The van der Waals surface area contributed by atoms with Gasteiger partial charge in [0.05, 0.1) is 6.61 Å². The van der Waals surface area contributed by atoms with E-state index >= 15 is 0 Å². The first-order chi connectivity index (χ1) is 14.6. The number of thioether (sulfide) groups is 1. The lowest BCUT2D eigenvalue weighted by atomic mass is 10.1. The van der Waals surface area contributed by atoms with E-state index in [-0.39, 0.29) is 0 Å². The summed E-state index contributed by atoms with van der Waals surface area (Å²) in [5, 5.41) is 9.93. The van der Waals surface area contributed by atoms with E-state index in [1.54, 1.807) is 11.8 Å². The van der Waals surface area contributed by atoms with E-state index in [4.69, 9.17) is 4.74 Å². The summed E-state index contributed by atoms with van der Waals surface area (Å²) in [4.78, 5) is 0. The van der Waals surface area contributed by atoms with Crippen LogP contribution >= 0.6 is 27.7 Å². The molecule has 0 fully saturated rings. The van der Waals surface area contributed by atoms with Crippen molar-refractivity contribution < 1.29 is 4.74 Å². The average molecular weight is 480 g/mol. The first-order valence-corrected chi connectivity index (χ1v) is 11.5. The molecule has 3 aromatic carbocycles. The molecule has 6 heteroatoms. The molecule has 0 aliphatic heterocycles. The Morgan fingerprint density at radius 2 is 1.73 bits per heavy atom. The Morgan fingerprint density at radius 3 is 2.43 bits per heavy atom. The lowest BCUT2D eigenvalue weighted by molar-refractivity contribution is 0.340. The van der Waals surface area contributed by atoms with Crippen molar-refractivity contribution in [2.24, 2.45) is 0 Å². The summed E-state index contributed by atoms with van der Waals surface area (Å²) in [7, 11) is 0. The molecule has 0 bridgehead atoms. The van der Waals surface area contributed by atoms with Crippen LogP contribution in [0.1, 0.15) is 18.1 Å². The summed E-state index contributed by atoms with van der Waals surface area (Å²) in [5.74, 6) is 2.51. The number of rotatable bonds is 7. The van der Waals surface area contributed by atoms with Gasteiger partial charge in [-0.05, 0) is 61.9 Å². The highest BCUT2D eigenvalue weighted by Crippen LogP contribution is 2.31. The fourth-order valence-electron chi connectivity index (χ4n) is 3.15. The minimum absolute atomic E-state index is 0.648. The molecule has 0 aliphatic carbocycles. The second kappa shape index (κ2) is 9.49. The van der Waals surface area contributed by atoms with Crippen LogP contribution in [0.4, 0.5) is 0 Å². The summed E-state index contributed by atoms with van der Waals surface area (Å²) in [6.45, 7) is 4.72. The van der Waals surface area contributed by atoms with Gasteiger partial charge in [0.1, 0.15) is 5.75 Å². The van der Waals surface area contributed by atoms with Crippen LogP contribution < -0.4 is 4.74 Å². The Hall–Kier alpha value is -2.57. The number of hydrogen-bond donors (Lipinski definition) is 0. The normalized spacial score (nSPS) is 10.9. The molecule has 0 amide bonds. The molecular weight excluding hydrogens is 458 g/mol. The van der Waals surface area contributed by atoms with E-state index in [0.717, 1.165) is 38.2 Å². The molecule has 1 heterocycles. The number of benzene rings is 3. The Labute approximate surface area is 189 Å². The molecule has 0 spiro atoms. The van der Waals surface area contributed by atoms with Crippen molar-refractivity contribution in [3.05, 3.63) is 88.4 Å². The highest BCUT2D eigenvalue weighted by Gasteiger charge is 2.16. The topological polar surface area (TPSA) is 39.9 Å². The highest BCUT2D eigenvalue weighted by molar-refractivity contribution is 9.10. The van der Waals surface area contributed by atoms with E-state index in [2.05, 4.69) is 98.3 Å². The molecule has 1 aromatic heterocycles. The smallest absolute Gasteiger partial charge is 0.196 e. The molecule has 0 aliphatic rings. The number of ether oxygens (including phenoxy) is 1. The summed E-state index contributed by atoms with van der Waals surface area (Å²) in [6, 6.07) is 24.8. The van der Waals surface area contributed by atoms with Crippen LogP contribution in [-0.4, -0.2) is 21.4 Å². The van der Waals surface area contributed by atoms with Gasteiger partial charge in [-0.2, -0.15) is 0 Å². The molecule has 0 N–H and O–H groups in total. The molecule has 4 nitrogen and oxygen atoms in total. The summed E-state index contributed by atoms with van der Waals surface area (Å²) in [5.41, 5.74) is 4.49. The zero-order valence-electron chi connectivity index (χ0n) is 16.9. The molecule has 0 atom stereocenters. The van der Waals surface area contributed by atoms with Gasteiger partial charge in [0, 0.05) is 21.5 Å². The molecular formula is C24H22BrN3OS. The fourth-order valence-corrected chi connectivity index (χ4v) is 4.33. The molecule has 0 saturated heterocycles. The number of aryl methyl sites for hydroxylation is 1. The van der Waals surface area contributed by atoms with Crippen LogP contribution in [0.25, 0.3) is 17.1 Å². The predicted molar refractivity (Wildman–Crippen MR) is 126 cm³/mol. The predicted octanol–water partition coefficient (Wildman–Crippen LogP) is 6.70. The Bertz CT molecular complexity index is 1120. The monoisotopic (exact) mass is 479 g/mol. The van der Waals surface area contributed by atoms with Gasteiger partial charge in [0.2, 0.25) is 0 Å². The number of halogens is 1. The third-order valence-corrected chi connectivity index (χ3v) is 6.13. The van der Waals surface area contributed by atoms with Gasteiger partial charge in [0.15, 0.2) is 11.0 Å². The van der Waals surface area contributed by atoms with E-state index in [0.29, 0.717) is 6.61 Å². The quantitative estimate of drug-likeness (QED) is 0.276. The second-order valence-electron chi connectivity index (χ2n) is 6.85. The van der Waals surface area contributed by atoms with E-state index in [1.807, 2.05) is 19.1 Å². The summed E-state index contributed by atoms with van der Waals surface area (Å²) < 4.78 is 8.80. The molecule has 0 unspecified atom stereocenters. The van der Waals surface area contributed by atoms with Crippen molar-refractivity contribution >= 4 is 27.7 Å². The zero-order chi connectivity index (χ0) is 20.9. The van der Waals surface area contributed by atoms with Gasteiger partial charge >= 0.3 is 0 Å². The van der Waals surface area contributed by atoms with Crippen molar-refractivity contribution in [1.29, 1.82) is 0 Å². The Morgan fingerprint density at radius 1 is 0.967 bits per heavy atom. The maximum Gasteiger partial charge on any atom is 0.196 e. The molecule has 0 radical (unpaired) electrons. The van der Waals surface area contributed by atoms with Crippen LogP contribution in [-0.2, 0) is 5.75 Å². The lowest BCUT2D eigenvalue weighted by Crippen LogP contribution is -2.00. The molecule has 152 valence electrons. The zero-order valence-corrected chi connectivity index (χ0v) is 19.3. The van der Waals surface area contributed by atoms with Crippen LogP contribution in [0.2, 0.25) is 0 Å². The van der Waals surface area contributed by atoms with Gasteiger partial charge < -0.3 is 4.74 Å². The van der Waals surface area contributed by atoms with Crippen molar-refractivity contribution in [2.45, 2.75) is 24.8 Å². The van der Waals surface area contributed by atoms with Gasteiger partial charge in [-0.3, -0.25) is 4.57 Å². The Balaban J connectivity index is 1.71. The van der Waals surface area contributed by atoms with Gasteiger partial charge in [-0.1, -0.05) is 63.6 Å². The number of nitrogens with zero attached hydrogens (tertiary/aromatic N) is 3. The van der Waals surface area contributed by atoms with E-state index in [9.17, 15) is 0 Å². The van der Waals surface area contributed by atoms with Crippen molar-refractivity contribution in [1.82, 2.24) is 14.8 Å². The standard InChI is InChI=1S/C24H22BrN3OS/c1-3-29-22-13-11-21(12-14-22)28-23(19-6-4-5-17(2)15-19)26-27-24(28)30-16-18-7-9-20(25)10-8-18/h4-15H,3,16H2,1-2H3. The minimum Gasteiger partial charge on any atom is -0.494 e. The average Bonchev–Trinajstić information content (AvgIpc) is 3.18. The third kappa shape index (κ3) is 4.77. The maximum absolute atomic E-state index is 5.60. The largest absolute Gasteiger partial charge is 0.494 e. The first-order valence-electron chi connectivity index (χ1n) is 9.77. The van der Waals surface area contributed by atoms with Gasteiger partial charge in [-0.15, -0.1) is 10.2 Å². The maximum atomic E-state index is 5.60. The highest BCUT2D eigenvalue weighted by atomic mass is 79.9. The van der Waals surface area contributed by atoms with Gasteiger partial charge in [0.25, 0.3) is 0 Å². The minimum atomic E-state index is 0.648. The van der Waals surface area contributed by atoms with Crippen molar-refractivity contribution in [2.75, 3.05) is 6.61 Å². The van der Waals surface area contributed by atoms with Crippen LogP contribution in [0.3, 0.4) is 0 Å². The molecule has 4 rings (SSSR count). The third-order valence-electron chi connectivity index (χ3n) is 4.60. The Kier molecular flexibility index (Phi) is 6.55.